The maximum atomic E-state index is 6.10. The predicted octanol–water partition coefficient (Wildman–Crippen LogP) is 2.85. The van der Waals surface area contributed by atoms with Gasteiger partial charge in [0, 0.05) is 6.92 Å². The lowest BCUT2D eigenvalue weighted by atomic mass is 10.0. The summed E-state index contributed by atoms with van der Waals surface area (Å²) in [7, 11) is 0. The summed E-state index contributed by atoms with van der Waals surface area (Å²) in [6, 6.07) is 3.88. The summed E-state index contributed by atoms with van der Waals surface area (Å²) in [4.78, 5) is 4.26. The number of nitrogens with two attached hydrogens (primary N) is 1. The van der Waals surface area contributed by atoms with Crippen molar-refractivity contribution in [2.24, 2.45) is 5.73 Å². The molecule has 2 rings (SSSR count). The highest BCUT2D eigenvalue weighted by Gasteiger charge is 2.11. The van der Waals surface area contributed by atoms with E-state index < -0.39 is 0 Å². The van der Waals surface area contributed by atoms with Gasteiger partial charge in [-0.05, 0) is 30.2 Å². The average molecular weight is 225 g/mol. The molecule has 0 saturated carbocycles. The van der Waals surface area contributed by atoms with E-state index >= 15 is 0 Å². The van der Waals surface area contributed by atoms with Gasteiger partial charge in [0.2, 0.25) is 0 Å². The fraction of sp³-hybridized carbons (Fsp3) is 0.364. The standard InChI is InChI=1S/C11H13ClN2O/c1-6(5-13)8-3-9(12)11-10(4-8)14-7(2)15-11/h3-4,6H,5,13H2,1-2H3. The molecule has 3 nitrogen and oxygen atoms in total. The van der Waals surface area contributed by atoms with Crippen LogP contribution in [0.4, 0.5) is 0 Å². The molecule has 0 bridgehead atoms. The molecule has 4 heteroatoms. The Morgan fingerprint density at radius 2 is 2.27 bits per heavy atom. The molecule has 2 aromatic rings. The minimum absolute atomic E-state index is 0.281. The zero-order chi connectivity index (χ0) is 11.0. The second-order valence-corrected chi connectivity index (χ2v) is 4.13. The Morgan fingerprint density at radius 1 is 1.53 bits per heavy atom. The van der Waals surface area contributed by atoms with Crippen LogP contribution in [0.1, 0.15) is 24.3 Å². The molecular formula is C11H13ClN2O. The molecule has 0 saturated heterocycles. The summed E-state index contributed by atoms with van der Waals surface area (Å²) in [6.07, 6.45) is 0. The number of fused-ring (bicyclic) bond motifs is 1. The maximum absolute atomic E-state index is 6.10. The van der Waals surface area contributed by atoms with E-state index in [2.05, 4.69) is 11.9 Å². The molecule has 0 aliphatic rings. The van der Waals surface area contributed by atoms with Crippen LogP contribution in [0, 0.1) is 6.92 Å². The van der Waals surface area contributed by atoms with Gasteiger partial charge in [0.1, 0.15) is 5.52 Å². The molecular weight excluding hydrogens is 212 g/mol. The van der Waals surface area contributed by atoms with Crippen molar-refractivity contribution in [1.29, 1.82) is 0 Å². The van der Waals surface area contributed by atoms with E-state index in [0.29, 0.717) is 23.0 Å². The third kappa shape index (κ3) is 1.85. The summed E-state index contributed by atoms with van der Waals surface area (Å²) in [5.41, 5.74) is 8.17. The van der Waals surface area contributed by atoms with E-state index in [9.17, 15) is 0 Å². The van der Waals surface area contributed by atoms with Crippen LogP contribution >= 0.6 is 11.6 Å². The number of hydrogen-bond donors (Lipinski definition) is 1. The summed E-state index contributed by atoms with van der Waals surface area (Å²) in [6.45, 7) is 4.46. The maximum Gasteiger partial charge on any atom is 0.192 e. The summed E-state index contributed by atoms with van der Waals surface area (Å²) >= 11 is 6.10. The van der Waals surface area contributed by atoms with Crippen molar-refractivity contribution in [1.82, 2.24) is 4.98 Å². The number of benzene rings is 1. The third-order valence-electron chi connectivity index (χ3n) is 2.50. The molecule has 0 radical (unpaired) electrons. The van der Waals surface area contributed by atoms with Crippen LogP contribution in [-0.4, -0.2) is 11.5 Å². The second-order valence-electron chi connectivity index (χ2n) is 3.72. The zero-order valence-electron chi connectivity index (χ0n) is 8.75. The van der Waals surface area contributed by atoms with Crippen LogP contribution in [0.2, 0.25) is 5.02 Å². The Hall–Kier alpha value is -1.06. The van der Waals surface area contributed by atoms with E-state index in [0.717, 1.165) is 11.1 Å². The van der Waals surface area contributed by atoms with Crippen molar-refractivity contribution < 1.29 is 4.42 Å². The lowest BCUT2D eigenvalue weighted by molar-refractivity contribution is 0.561. The molecule has 0 aliphatic heterocycles. The fourth-order valence-electron chi connectivity index (χ4n) is 1.54. The Bertz CT molecular complexity index is 493. The molecule has 0 aliphatic carbocycles. The molecule has 2 N–H and O–H groups in total. The van der Waals surface area contributed by atoms with Crippen LogP contribution in [-0.2, 0) is 0 Å². The minimum atomic E-state index is 0.281. The van der Waals surface area contributed by atoms with Crippen molar-refractivity contribution in [3.8, 4) is 0 Å². The van der Waals surface area contributed by atoms with E-state index in [1.165, 1.54) is 0 Å². The molecule has 15 heavy (non-hydrogen) atoms. The topological polar surface area (TPSA) is 52.0 Å². The van der Waals surface area contributed by atoms with E-state index in [1.807, 2.05) is 19.1 Å². The first kappa shape index (κ1) is 10.5. The van der Waals surface area contributed by atoms with Gasteiger partial charge in [-0.25, -0.2) is 4.98 Å². The van der Waals surface area contributed by atoms with Crippen LogP contribution in [0.3, 0.4) is 0 Å². The smallest absolute Gasteiger partial charge is 0.192 e. The van der Waals surface area contributed by atoms with Gasteiger partial charge in [0.15, 0.2) is 11.5 Å². The van der Waals surface area contributed by atoms with Crippen molar-refractivity contribution in [3.63, 3.8) is 0 Å². The summed E-state index contributed by atoms with van der Waals surface area (Å²) in [5.74, 6) is 0.911. The fourth-order valence-corrected chi connectivity index (χ4v) is 1.81. The van der Waals surface area contributed by atoms with Crippen molar-refractivity contribution in [2.75, 3.05) is 6.54 Å². The number of oxazole rings is 1. The molecule has 1 aromatic carbocycles. The van der Waals surface area contributed by atoms with Gasteiger partial charge in [-0.1, -0.05) is 18.5 Å². The van der Waals surface area contributed by atoms with Gasteiger partial charge < -0.3 is 10.2 Å². The molecule has 1 aromatic heterocycles. The molecule has 1 atom stereocenters. The van der Waals surface area contributed by atoms with Crippen LogP contribution < -0.4 is 5.73 Å². The van der Waals surface area contributed by atoms with Crippen molar-refractivity contribution >= 4 is 22.7 Å². The monoisotopic (exact) mass is 224 g/mol. The highest BCUT2D eigenvalue weighted by atomic mass is 35.5. The summed E-state index contributed by atoms with van der Waals surface area (Å²) < 4.78 is 5.39. The molecule has 0 amide bonds. The number of hydrogen-bond acceptors (Lipinski definition) is 3. The Balaban J connectivity index is 2.61. The van der Waals surface area contributed by atoms with E-state index in [4.69, 9.17) is 21.8 Å². The third-order valence-corrected chi connectivity index (χ3v) is 2.78. The first-order chi connectivity index (χ1) is 7.11. The van der Waals surface area contributed by atoms with Gasteiger partial charge in [0.25, 0.3) is 0 Å². The van der Waals surface area contributed by atoms with Crippen LogP contribution in [0.5, 0.6) is 0 Å². The van der Waals surface area contributed by atoms with E-state index in [1.54, 1.807) is 0 Å². The SMILES string of the molecule is Cc1nc2cc(C(C)CN)cc(Cl)c2o1. The molecule has 80 valence electrons. The quantitative estimate of drug-likeness (QED) is 0.854. The Kier molecular flexibility index (Phi) is 2.67. The number of halogens is 1. The molecule has 0 spiro atoms. The zero-order valence-corrected chi connectivity index (χ0v) is 9.51. The normalized spacial score (nSPS) is 13.3. The van der Waals surface area contributed by atoms with Gasteiger partial charge >= 0.3 is 0 Å². The Morgan fingerprint density at radius 3 is 2.93 bits per heavy atom. The first-order valence-electron chi connectivity index (χ1n) is 4.88. The average Bonchev–Trinajstić information content (AvgIpc) is 2.58. The number of aromatic nitrogens is 1. The number of aryl methyl sites for hydroxylation is 1. The lowest BCUT2D eigenvalue weighted by Crippen LogP contribution is -2.08. The van der Waals surface area contributed by atoms with Gasteiger partial charge in [-0.15, -0.1) is 0 Å². The predicted molar refractivity (Wildman–Crippen MR) is 61.2 cm³/mol. The molecule has 1 heterocycles. The second kappa shape index (κ2) is 3.83. The summed E-state index contributed by atoms with van der Waals surface area (Å²) in [5, 5.41) is 0.600. The largest absolute Gasteiger partial charge is 0.439 e. The number of rotatable bonds is 2. The van der Waals surface area contributed by atoms with Crippen LogP contribution in [0.25, 0.3) is 11.1 Å². The lowest BCUT2D eigenvalue weighted by Gasteiger charge is -2.08. The van der Waals surface area contributed by atoms with Crippen LogP contribution in [0.15, 0.2) is 16.5 Å². The minimum Gasteiger partial charge on any atom is -0.439 e. The van der Waals surface area contributed by atoms with Gasteiger partial charge in [-0.3, -0.25) is 0 Å². The first-order valence-corrected chi connectivity index (χ1v) is 5.26. The number of nitrogens with zero attached hydrogens (tertiary/aromatic N) is 1. The van der Waals surface area contributed by atoms with Gasteiger partial charge in [-0.2, -0.15) is 0 Å². The van der Waals surface area contributed by atoms with E-state index in [-0.39, 0.29) is 5.92 Å². The highest BCUT2D eigenvalue weighted by Crippen LogP contribution is 2.28. The van der Waals surface area contributed by atoms with Crippen molar-refractivity contribution in [2.45, 2.75) is 19.8 Å². The molecule has 0 fully saturated rings. The van der Waals surface area contributed by atoms with Gasteiger partial charge in [0.05, 0.1) is 5.02 Å². The Labute approximate surface area is 93.2 Å². The highest BCUT2D eigenvalue weighted by molar-refractivity contribution is 6.34. The molecule has 1 unspecified atom stereocenters. The van der Waals surface area contributed by atoms with Crippen molar-refractivity contribution in [3.05, 3.63) is 28.6 Å².